The van der Waals surface area contributed by atoms with Gasteiger partial charge in [-0.15, -0.1) is 5.10 Å². The van der Waals surface area contributed by atoms with Gasteiger partial charge in [0.1, 0.15) is 11.6 Å². The third-order valence-corrected chi connectivity index (χ3v) is 5.67. The van der Waals surface area contributed by atoms with Crippen LogP contribution in [0.25, 0.3) is 11.4 Å². The van der Waals surface area contributed by atoms with E-state index in [4.69, 9.17) is 0 Å². The second kappa shape index (κ2) is 9.31. The maximum atomic E-state index is 13.2. The number of nitrogens with zero attached hydrogens (tertiary/aromatic N) is 6. The number of nitrogens with one attached hydrogen (secondary N) is 1. The molecule has 0 aliphatic carbocycles. The molecule has 0 aliphatic rings. The minimum atomic E-state index is -0.337. The van der Waals surface area contributed by atoms with Crippen molar-refractivity contribution >= 4 is 23.5 Å². The first kappa shape index (κ1) is 21.7. The highest BCUT2D eigenvalue weighted by atomic mass is 32.2. The summed E-state index contributed by atoms with van der Waals surface area (Å²) in [5.41, 5.74) is 3.43. The lowest BCUT2D eigenvalue weighted by Gasteiger charge is -2.09. The molecule has 32 heavy (non-hydrogen) atoms. The maximum absolute atomic E-state index is 13.2. The van der Waals surface area contributed by atoms with Crippen LogP contribution < -0.4 is 5.32 Å². The Bertz CT molecular complexity index is 1220. The summed E-state index contributed by atoms with van der Waals surface area (Å²) in [6.45, 7) is 6.09. The van der Waals surface area contributed by atoms with E-state index in [1.807, 2.05) is 31.2 Å². The van der Waals surface area contributed by atoms with Gasteiger partial charge in [0.15, 0.2) is 0 Å². The molecule has 0 unspecified atom stereocenters. The summed E-state index contributed by atoms with van der Waals surface area (Å²) < 4.78 is 16.4. The van der Waals surface area contributed by atoms with Gasteiger partial charge in [0, 0.05) is 6.07 Å². The van der Waals surface area contributed by atoms with Crippen LogP contribution in [0.2, 0.25) is 0 Å². The van der Waals surface area contributed by atoms with E-state index < -0.39 is 0 Å². The van der Waals surface area contributed by atoms with E-state index in [0.717, 1.165) is 11.4 Å². The van der Waals surface area contributed by atoms with Gasteiger partial charge in [-0.25, -0.2) is 9.07 Å². The van der Waals surface area contributed by atoms with Gasteiger partial charge >= 0.3 is 0 Å². The molecule has 4 aromatic rings. The lowest BCUT2D eigenvalue weighted by atomic mass is 10.0. The van der Waals surface area contributed by atoms with Gasteiger partial charge in [-0.2, -0.15) is 9.78 Å². The van der Waals surface area contributed by atoms with Crippen LogP contribution in [-0.2, 0) is 4.79 Å². The van der Waals surface area contributed by atoms with Crippen LogP contribution in [0.4, 0.5) is 10.2 Å². The third kappa shape index (κ3) is 4.86. The average Bonchev–Trinajstić information content (AvgIpc) is 3.39. The molecule has 0 spiro atoms. The van der Waals surface area contributed by atoms with Gasteiger partial charge in [0.25, 0.3) is 0 Å². The number of halogens is 1. The predicted molar refractivity (Wildman–Crippen MR) is 121 cm³/mol. The van der Waals surface area contributed by atoms with Crippen molar-refractivity contribution < 1.29 is 9.18 Å². The molecule has 0 radical (unpaired) electrons. The highest BCUT2D eigenvalue weighted by Crippen LogP contribution is 2.22. The highest BCUT2D eigenvalue weighted by Gasteiger charge is 2.15. The number of tetrazole rings is 1. The molecule has 164 valence electrons. The van der Waals surface area contributed by atoms with Crippen molar-refractivity contribution in [1.82, 2.24) is 30.0 Å². The smallest absolute Gasteiger partial charge is 0.236 e. The van der Waals surface area contributed by atoms with Gasteiger partial charge in [-0.1, -0.05) is 37.7 Å². The van der Waals surface area contributed by atoms with Crippen LogP contribution in [0, 0.1) is 12.7 Å². The number of hydrogen-bond donors (Lipinski definition) is 1. The summed E-state index contributed by atoms with van der Waals surface area (Å²) in [4.78, 5) is 12.6. The molecule has 0 aliphatic heterocycles. The number of hydrogen-bond acceptors (Lipinski definition) is 6. The van der Waals surface area contributed by atoms with Crippen LogP contribution in [0.1, 0.15) is 31.0 Å². The minimum absolute atomic E-state index is 0.109. The first-order valence-electron chi connectivity index (χ1n) is 10.0. The molecule has 2 aromatic carbocycles. The number of aromatic nitrogens is 6. The van der Waals surface area contributed by atoms with Gasteiger partial charge in [0.05, 0.1) is 22.8 Å². The summed E-state index contributed by atoms with van der Waals surface area (Å²) in [7, 11) is 0. The molecule has 2 heterocycles. The standard InChI is InChI=1S/C22H22FN7OS/c1-14(2)16-4-8-19(9-5-16)30-22(25-27-28-30)32-13-21(31)24-20-12-15(3)26-29(20)18-10-6-17(23)7-11-18/h4-12,14H,13H2,1-3H3,(H,24,31). The topological polar surface area (TPSA) is 90.5 Å². The zero-order valence-electron chi connectivity index (χ0n) is 17.9. The molecule has 4 rings (SSSR count). The maximum Gasteiger partial charge on any atom is 0.236 e. The Hall–Kier alpha value is -3.53. The van der Waals surface area contributed by atoms with Gasteiger partial charge < -0.3 is 5.32 Å². The van der Waals surface area contributed by atoms with E-state index in [2.05, 4.69) is 39.8 Å². The van der Waals surface area contributed by atoms with Crippen LogP contribution >= 0.6 is 11.8 Å². The van der Waals surface area contributed by atoms with Crippen molar-refractivity contribution in [3.63, 3.8) is 0 Å². The Balaban J connectivity index is 1.44. The number of aryl methyl sites for hydroxylation is 1. The first-order valence-corrected chi connectivity index (χ1v) is 11.0. The zero-order valence-corrected chi connectivity index (χ0v) is 18.7. The van der Waals surface area contributed by atoms with Crippen molar-refractivity contribution in [3.05, 3.63) is 71.7 Å². The molecule has 0 saturated heterocycles. The highest BCUT2D eigenvalue weighted by molar-refractivity contribution is 7.99. The van der Waals surface area contributed by atoms with Crippen molar-refractivity contribution in [2.75, 3.05) is 11.1 Å². The normalized spacial score (nSPS) is 11.2. The fraction of sp³-hybridized carbons (Fsp3) is 0.227. The Morgan fingerprint density at radius 1 is 1.06 bits per heavy atom. The van der Waals surface area contributed by atoms with Crippen LogP contribution in [0.15, 0.2) is 59.8 Å². The third-order valence-electron chi connectivity index (χ3n) is 4.75. The van der Waals surface area contributed by atoms with Crippen LogP contribution in [0.5, 0.6) is 0 Å². The number of anilines is 1. The molecule has 1 N–H and O–H groups in total. The minimum Gasteiger partial charge on any atom is -0.310 e. The van der Waals surface area contributed by atoms with Crippen LogP contribution in [-0.4, -0.2) is 41.6 Å². The number of carbonyl (C=O) groups is 1. The summed E-state index contributed by atoms with van der Waals surface area (Å²) >= 11 is 1.23. The number of amides is 1. The number of carbonyl (C=O) groups excluding carboxylic acids is 1. The predicted octanol–water partition coefficient (Wildman–Crippen LogP) is 4.15. The lowest BCUT2D eigenvalue weighted by Crippen LogP contribution is -2.17. The molecule has 10 heteroatoms. The summed E-state index contributed by atoms with van der Waals surface area (Å²) in [6.07, 6.45) is 0. The van der Waals surface area contributed by atoms with Crippen molar-refractivity contribution in [2.24, 2.45) is 0 Å². The van der Waals surface area contributed by atoms with Gasteiger partial charge in [-0.05, 0) is 65.2 Å². The molecule has 0 atom stereocenters. The first-order chi connectivity index (χ1) is 15.4. The molecule has 2 aromatic heterocycles. The quantitative estimate of drug-likeness (QED) is 0.425. The van der Waals surface area contributed by atoms with Crippen molar-refractivity contribution in [3.8, 4) is 11.4 Å². The Morgan fingerprint density at radius 2 is 1.72 bits per heavy atom. The fourth-order valence-corrected chi connectivity index (χ4v) is 3.80. The van der Waals surface area contributed by atoms with E-state index >= 15 is 0 Å². The fourth-order valence-electron chi connectivity index (χ4n) is 3.11. The summed E-state index contributed by atoms with van der Waals surface area (Å²) in [5.74, 6) is 0.475. The number of benzene rings is 2. The average molecular weight is 452 g/mol. The SMILES string of the molecule is Cc1cc(NC(=O)CSc2nnnn2-c2ccc(C(C)C)cc2)n(-c2ccc(F)cc2)n1. The zero-order chi connectivity index (χ0) is 22.7. The van der Waals surface area contributed by atoms with Crippen molar-refractivity contribution in [2.45, 2.75) is 31.8 Å². The largest absolute Gasteiger partial charge is 0.310 e. The van der Waals surface area contributed by atoms with Crippen LogP contribution in [0.3, 0.4) is 0 Å². The monoisotopic (exact) mass is 451 g/mol. The molecule has 8 nitrogen and oxygen atoms in total. The number of rotatable bonds is 7. The molecule has 1 amide bonds. The molecule has 0 saturated carbocycles. The second-order valence-corrected chi connectivity index (χ2v) is 8.46. The lowest BCUT2D eigenvalue weighted by molar-refractivity contribution is -0.113. The Labute approximate surface area is 188 Å². The van der Waals surface area contributed by atoms with E-state index in [-0.39, 0.29) is 17.5 Å². The number of thioether (sulfide) groups is 1. The van der Waals surface area contributed by atoms with E-state index in [9.17, 15) is 9.18 Å². The van der Waals surface area contributed by atoms with E-state index in [1.165, 1.54) is 29.5 Å². The van der Waals surface area contributed by atoms with E-state index in [1.54, 1.807) is 27.6 Å². The van der Waals surface area contributed by atoms with Crippen molar-refractivity contribution in [1.29, 1.82) is 0 Å². The van der Waals surface area contributed by atoms with Gasteiger partial charge in [0.2, 0.25) is 11.1 Å². The van der Waals surface area contributed by atoms with Gasteiger partial charge in [-0.3, -0.25) is 4.79 Å². The Morgan fingerprint density at radius 3 is 2.41 bits per heavy atom. The molecule has 0 bridgehead atoms. The summed E-state index contributed by atoms with van der Waals surface area (Å²) in [5, 5.41) is 19.6. The molecular weight excluding hydrogens is 429 g/mol. The van der Waals surface area contributed by atoms with E-state index in [0.29, 0.717) is 22.6 Å². The Kier molecular flexibility index (Phi) is 6.31. The second-order valence-electron chi connectivity index (χ2n) is 7.52. The summed E-state index contributed by atoms with van der Waals surface area (Å²) in [6, 6.07) is 15.7. The molecule has 0 fully saturated rings. The molecular formula is C22H22FN7OS.